The molecule has 2 aromatic carbocycles. The first kappa shape index (κ1) is 23.5. The van der Waals surface area contributed by atoms with Gasteiger partial charge in [0.25, 0.3) is 5.91 Å². The van der Waals surface area contributed by atoms with Crippen LogP contribution in [-0.4, -0.2) is 32.7 Å². The van der Waals surface area contributed by atoms with Gasteiger partial charge in [-0.2, -0.15) is 5.26 Å². The Morgan fingerprint density at radius 3 is 2.40 bits per heavy atom. The van der Waals surface area contributed by atoms with E-state index in [1.807, 2.05) is 43.3 Å². The highest BCUT2D eigenvalue weighted by Gasteiger charge is 2.14. The quantitative estimate of drug-likeness (QED) is 0.284. The summed E-state index contributed by atoms with van der Waals surface area (Å²) in [7, 11) is 1.58. The molecule has 1 N–H and O–H groups in total. The number of amides is 1. The van der Waals surface area contributed by atoms with E-state index >= 15 is 0 Å². The van der Waals surface area contributed by atoms with Crippen molar-refractivity contribution in [2.45, 2.75) is 20.8 Å². The lowest BCUT2D eigenvalue weighted by Gasteiger charge is -2.21. The molecule has 6 nitrogen and oxygen atoms in total. The first-order chi connectivity index (χ1) is 14.5. The molecular formula is C23H26IN3O3. The number of ether oxygens (including phenoxy) is 2. The zero-order valence-corrected chi connectivity index (χ0v) is 19.8. The average molecular weight is 519 g/mol. The van der Waals surface area contributed by atoms with Crippen LogP contribution in [0, 0.1) is 14.9 Å². The Hall–Kier alpha value is -2.73. The molecule has 0 saturated heterocycles. The van der Waals surface area contributed by atoms with Crippen molar-refractivity contribution in [3.63, 3.8) is 0 Å². The molecule has 0 spiro atoms. The van der Waals surface area contributed by atoms with E-state index in [9.17, 15) is 10.1 Å². The zero-order valence-electron chi connectivity index (χ0n) is 17.7. The average Bonchev–Trinajstić information content (AvgIpc) is 2.74. The molecule has 2 aromatic rings. The number of carbonyl (C=O) groups excluding carboxylic acids is 1. The molecule has 0 atom stereocenters. The Morgan fingerprint density at radius 2 is 1.87 bits per heavy atom. The summed E-state index contributed by atoms with van der Waals surface area (Å²) >= 11 is 2.14. The Kier molecular flexibility index (Phi) is 8.99. The van der Waals surface area contributed by atoms with E-state index < -0.39 is 5.91 Å². The van der Waals surface area contributed by atoms with Crippen LogP contribution in [0.2, 0.25) is 0 Å². The van der Waals surface area contributed by atoms with Gasteiger partial charge in [0.2, 0.25) is 0 Å². The van der Waals surface area contributed by atoms with Crippen LogP contribution in [0.15, 0.2) is 42.0 Å². The number of nitrogens with one attached hydrogen (secondary N) is 1. The van der Waals surface area contributed by atoms with E-state index in [1.54, 1.807) is 19.3 Å². The predicted molar refractivity (Wildman–Crippen MR) is 129 cm³/mol. The van der Waals surface area contributed by atoms with Gasteiger partial charge in [-0.25, -0.2) is 0 Å². The van der Waals surface area contributed by atoms with Crippen LogP contribution in [0.1, 0.15) is 26.3 Å². The summed E-state index contributed by atoms with van der Waals surface area (Å²) in [5.74, 6) is 0.741. The van der Waals surface area contributed by atoms with Crippen molar-refractivity contribution in [1.82, 2.24) is 0 Å². The summed E-state index contributed by atoms with van der Waals surface area (Å²) < 4.78 is 11.8. The Morgan fingerprint density at radius 1 is 1.20 bits per heavy atom. The molecule has 30 heavy (non-hydrogen) atoms. The number of rotatable bonds is 9. The lowest BCUT2D eigenvalue weighted by molar-refractivity contribution is -0.112. The Labute approximate surface area is 191 Å². The van der Waals surface area contributed by atoms with Crippen molar-refractivity contribution in [2.75, 3.05) is 37.0 Å². The number of carbonyl (C=O) groups is 1. The van der Waals surface area contributed by atoms with E-state index in [1.165, 1.54) is 0 Å². The molecule has 0 heterocycles. The van der Waals surface area contributed by atoms with Crippen LogP contribution in [0.5, 0.6) is 11.5 Å². The van der Waals surface area contributed by atoms with Crippen molar-refractivity contribution in [2.24, 2.45) is 0 Å². The van der Waals surface area contributed by atoms with E-state index in [-0.39, 0.29) is 5.57 Å². The van der Waals surface area contributed by atoms with Gasteiger partial charge in [0.15, 0.2) is 11.5 Å². The number of benzene rings is 2. The van der Waals surface area contributed by atoms with E-state index in [0.29, 0.717) is 29.4 Å². The monoisotopic (exact) mass is 519 g/mol. The summed E-state index contributed by atoms with van der Waals surface area (Å²) in [5.41, 5.74) is 2.42. The van der Waals surface area contributed by atoms with Gasteiger partial charge in [-0.3, -0.25) is 4.79 Å². The molecule has 0 aromatic heterocycles. The minimum Gasteiger partial charge on any atom is -0.492 e. The second-order valence-corrected chi connectivity index (χ2v) is 7.47. The van der Waals surface area contributed by atoms with Crippen LogP contribution >= 0.6 is 22.6 Å². The van der Waals surface area contributed by atoms with Gasteiger partial charge < -0.3 is 19.7 Å². The molecule has 7 heteroatoms. The topological polar surface area (TPSA) is 74.6 Å². The predicted octanol–water partition coefficient (Wildman–Crippen LogP) is 5.09. The van der Waals surface area contributed by atoms with Crippen molar-refractivity contribution < 1.29 is 14.3 Å². The smallest absolute Gasteiger partial charge is 0.266 e. The molecule has 2 rings (SSSR count). The van der Waals surface area contributed by atoms with E-state index in [4.69, 9.17) is 9.47 Å². The van der Waals surface area contributed by atoms with Gasteiger partial charge >= 0.3 is 0 Å². The van der Waals surface area contributed by atoms with Crippen molar-refractivity contribution >= 4 is 45.9 Å². The highest BCUT2D eigenvalue weighted by molar-refractivity contribution is 14.1. The summed E-state index contributed by atoms with van der Waals surface area (Å²) in [6.07, 6.45) is 1.55. The molecule has 0 bridgehead atoms. The van der Waals surface area contributed by atoms with Gasteiger partial charge in [0, 0.05) is 24.5 Å². The first-order valence-corrected chi connectivity index (χ1v) is 10.8. The fraction of sp³-hybridized carbons (Fsp3) is 0.304. The van der Waals surface area contributed by atoms with Gasteiger partial charge in [-0.15, -0.1) is 0 Å². The van der Waals surface area contributed by atoms with Crippen LogP contribution in [0.3, 0.4) is 0 Å². The van der Waals surface area contributed by atoms with E-state index in [0.717, 1.165) is 22.3 Å². The summed E-state index contributed by atoms with van der Waals surface area (Å²) in [6.45, 7) is 8.38. The highest BCUT2D eigenvalue weighted by atomic mass is 127. The van der Waals surface area contributed by atoms with Gasteiger partial charge in [-0.05, 0) is 91.4 Å². The lowest BCUT2D eigenvalue weighted by Crippen LogP contribution is -2.21. The Balaban J connectivity index is 2.24. The normalized spacial score (nSPS) is 10.9. The van der Waals surface area contributed by atoms with Crippen LogP contribution in [0.25, 0.3) is 6.08 Å². The van der Waals surface area contributed by atoms with Gasteiger partial charge in [0.1, 0.15) is 11.6 Å². The minimum absolute atomic E-state index is 0.00577. The zero-order chi connectivity index (χ0) is 22.1. The molecular weight excluding hydrogens is 493 g/mol. The second kappa shape index (κ2) is 11.5. The molecule has 0 saturated carbocycles. The molecule has 0 aliphatic heterocycles. The maximum atomic E-state index is 12.6. The van der Waals surface area contributed by atoms with Crippen LogP contribution in [-0.2, 0) is 4.79 Å². The third kappa shape index (κ3) is 5.89. The molecule has 158 valence electrons. The summed E-state index contributed by atoms with van der Waals surface area (Å²) in [4.78, 5) is 14.8. The summed E-state index contributed by atoms with van der Waals surface area (Å²) in [6, 6.07) is 13.2. The lowest BCUT2D eigenvalue weighted by atomic mass is 10.1. The maximum Gasteiger partial charge on any atom is 0.266 e. The fourth-order valence-corrected chi connectivity index (χ4v) is 3.84. The largest absolute Gasteiger partial charge is 0.492 e. The molecule has 0 radical (unpaired) electrons. The number of methoxy groups -OCH3 is 1. The summed E-state index contributed by atoms with van der Waals surface area (Å²) in [5, 5.41) is 12.3. The molecule has 0 unspecified atom stereocenters. The molecule has 1 amide bonds. The van der Waals surface area contributed by atoms with Crippen molar-refractivity contribution in [3.05, 3.63) is 51.1 Å². The number of halogens is 1. The fourth-order valence-electron chi connectivity index (χ4n) is 2.99. The minimum atomic E-state index is -0.461. The first-order valence-electron chi connectivity index (χ1n) is 9.75. The molecule has 0 aliphatic carbocycles. The molecule has 0 aliphatic rings. The SMILES string of the molecule is CCOc1cc(/C=C(/C#N)C(=O)Nc2ccc(N(CC)CC)cc2)cc(I)c1OC. The Bertz CT molecular complexity index is 945. The van der Waals surface area contributed by atoms with Gasteiger partial charge in [-0.1, -0.05) is 0 Å². The standard InChI is InChI=1S/C23H26IN3O3/c1-5-27(6-2)19-10-8-18(9-11-19)26-23(28)17(15-25)12-16-13-20(24)22(29-4)21(14-16)30-7-3/h8-14H,5-7H2,1-4H3,(H,26,28)/b17-12-. The van der Waals surface area contributed by atoms with Crippen molar-refractivity contribution in [3.8, 4) is 17.6 Å². The van der Waals surface area contributed by atoms with Crippen LogP contribution < -0.4 is 19.7 Å². The third-order valence-electron chi connectivity index (χ3n) is 4.47. The number of hydrogen-bond donors (Lipinski definition) is 1. The highest BCUT2D eigenvalue weighted by Crippen LogP contribution is 2.34. The van der Waals surface area contributed by atoms with Crippen LogP contribution in [0.4, 0.5) is 11.4 Å². The number of hydrogen-bond acceptors (Lipinski definition) is 5. The van der Waals surface area contributed by atoms with Crippen molar-refractivity contribution in [1.29, 1.82) is 5.26 Å². The number of anilines is 2. The third-order valence-corrected chi connectivity index (χ3v) is 5.27. The number of nitriles is 1. The van der Waals surface area contributed by atoms with E-state index in [2.05, 4.69) is 46.7 Å². The maximum absolute atomic E-state index is 12.6. The molecule has 0 fully saturated rings. The van der Waals surface area contributed by atoms with Gasteiger partial charge in [0.05, 0.1) is 17.3 Å². The second-order valence-electron chi connectivity index (χ2n) is 6.31. The number of nitrogens with zero attached hydrogens (tertiary/aromatic N) is 2.